The fraction of sp³-hybridized carbons (Fsp3) is 0.486. The molecule has 12 rings (SSSR count). The zero-order valence-corrected chi connectivity index (χ0v) is 86.3. The summed E-state index contributed by atoms with van der Waals surface area (Å²) in [6.07, 6.45) is 10.1. The van der Waals surface area contributed by atoms with Gasteiger partial charge in [-0.25, -0.2) is 19.2 Å². The van der Waals surface area contributed by atoms with Gasteiger partial charge in [0, 0.05) is 127 Å². The predicted octanol–water partition coefficient (Wildman–Crippen LogP) is 9.93. The highest BCUT2D eigenvalue weighted by atomic mass is 16.6. The summed E-state index contributed by atoms with van der Waals surface area (Å²) in [6, 6.07) is 23.9. The van der Waals surface area contributed by atoms with Gasteiger partial charge in [0.1, 0.15) is 35.7 Å². The second kappa shape index (κ2) is 51.5. The largest absolute Gasteiger partial charge is 0.496 e. The van der Waals surface area contributed by atoms with E-state index in [2.05, 4.69) is 28.2 Å². The number of aliphatic hydroxyl groups excluding tert-OH is 9. The molecule has 0 saturated carbocycles. The third-order valence-electron chi connectivity index (χ3n) is 29.0. The van der Waals surface area contributed by atoms with Crippen molar-refractivity contribution in [1.82, 2.24) is 0 Å². The smallest absolute Gasteiger partial charge is 0.331 e. The quantitative estimate of drug-likeness (QED) is 0.00562. The average Bonchev–Trinajstić information content (AvgIpc) is 0.728. The first-order valence-electron chi connectivity index (χ1n) is 48.2. The highest BCUT2D eigenvalue weighted by Gasteiger charge is 2.49. The van der Waals surface area contributed by atoms with E-state index in [1.807, 2.05) is 78.9 Å². The Morgan fingerprint density at radius 2 is 0.562 bits per heavy atom. The Hall–Kier alpha value is -12.2. The maximum absolute atomic E-state index is 13.0. The van der Waals surface area contributed by atoms with Crippen LogP contribution in [0.5, 0.6) is 80.5 Å². The molecule has 8 atom stereocenters. The minimum atomic E-state index is -0.688. The Bertz CT molecular complexity index is 5790. The van der Waals surface area contributed by atoms with E-state index in [9.17, 15) is 65.1 Å². The molecule has 0 aliphatic carbocycles. The molecule has 8 aromatic carbocycles. The topological polar surface area (TPSA) is 416 Å². The number of ether oxygens (including phenoxy) is 18. The molecule has 4 heterocycles. The Kier molecular flexibility index (Phi) is 40.1. The lowest BCUT2D eigenvalue weighted by Crippen LogP contribution is -2.53. The van der Waals surface area contributed by atoms with Crippen LogP contribution in [0, 0.1) is 0 Å². The number of likely N-dealkylation sites (N-methyl/N-ethyl adjacent to an activating group) is 4. The van der Waals surface area contributed by atoms with Gasteiger partial charge in [-0.15, -0.1) is 0 Å². The van der Waals surface area contributed by atoms with Gasteiger partial charge in [-0.3, -0.25) is 0 Å². The Labute approximate surface area is 842 Å². The summed E-state index contributed by atoms with van der Waals surface area (Å²) in [5.41, 5.74) is 16.5. The molecular formula is C109H146N4O31+4. The van der Waals surface area contributed by atoms with Crippen LogP contribution >= 0.6 is 0 Å². The zero-order valence-electron chi connectivity index (χ0n) is 86.3. The normalized spacial score (nSPS) is 19.2. The third kappa shape index (κ3) is 24.4. The number of carbonyl (C=O) groups excluding carboxylic acids is 4. The van der Waals surface area contributed by atoms with E-state index in [0.717, 1.165) is 111 Å². The lowest BCUT2D eigenvalue weighted by Gasteiger charge is -2.47. The fourth-order valence-electron chi connectivity index (χ4n) is 21.8. The van der Waals surface area contributed by atoms with Crippen LogP contribution in [0.25, 0.3) is 0 Å². The van der Waals surface area contributed by atoms with Crippen LogP contribution in [0.3, 0.4) is 0 Å². The van der Waals surface area contributed by atoms with Crippen molar-refractivity contribution in [1.29, 1.82) is 0 Å². The van der Waals surface area contributed by atoms with Crippen molar-refractivity contribution in [2.75, 3.05) is 207 Å². The number of quaternary nitrogens is 4. The number of hydrogen-bond donors (Lipinski definition) is 9. The van der Waals surface area contributed by atoms with Crippen LogP contribution < -0.4 is 66.3 Å². The molecular weight excluding hydrogens is 1860 g/mol. The van der Waals surface area contributed by atoms with Gasteiger partial charge >= 0.3 is 23.9 Å². The third-order valence-corrected chi connectivity index (χ3v) is 29.0. The van der Waals surface area contributed by atoms with Gasteiger partial charge in [0.2, 0.25) is 11.5 Å². The SMILES string of the molecule is COc1cc(C2c3c(cc(OC)c(OC)c3OC)CC[N+]2(C)CCCOC(=O)/C=C/C(=O)OCCC[N+]2(C)CCc3cc(CO)c(CO)c(OC)c3C2Cc2ccc(CO)c(CO)c2)cc(CO)c1OC.COc1cc(CC2c3c(cc(OC)c(OC)c3OC)CC[N+]2(C)CCCOC(=O)/C=C/C(=O)OCCC[N+]2(C)CCc3cc(CO)c(CO)c(OC)c3C2c2cc(CO)c(OC)c(OC)c2)cc(CO)c1OC. The van der Waals surface area contributed by atoms with Crippen molar-refractivity contribution < 1.29 is 168 Å². The summed E-state index contributed by atoms with van der Waals surface area (Å²) in [6.45, 7) is 3.16. The minimum absolute atomic E-state index is 0.0663. The number of aliphatic hydroxyl groups is 9. The van der Waals surface area contributed by atoms with Crippen molar-refractivity contribution in [3.63, 3.8) is 0 Å². The van der Waals surface area contributed by atoms with Gasteiger partial charge in [0.15, 0.2) is 57.5 Å². The number of rotatable bonds is 49. The molecule has 4 aliphatic rings. The maximum atomic E-state index is 13.0. The highest BCUT2D eigenvalue weighted by Crippen LogP contribution is 2.56. The van der Waals surface area contributed by atoms with Crippen LogP contribution in [0.2, 0.25) is 0 Å². The van der Waals surface area contributed by atoms with Crippen LogP contribution in [0.1, 0.15) is 167 Å². The monoisotopic (exact) mass is 2010 g/mol. The van der Waals surface area contributed by atoms with E-state index in [1.54, 1.807) is 71.1 Å². The van der Waals surface area contributed by atoms with Crippen molar-refractivity contribution in [2.24, 2.45) is 0 Å². The molecule has 0 radical (unpaired) electrons. The molecule has 35 nitrogen and oxygen atoms in total. The van der Waals surface area contributed by atoms with Gasteiger partial charge in [0.25, 0.3) is 0 Å². The first-order chi connectivity index (χ1) is 69.4. The molecule has 8 unspecified atom stereocenters. The van der Waals surface area contributed by atoms with Crippen LogP contribution in [-0.2, 0) is 136 Å². The molecule has 0 saturated heterocycles. The number of hydrogen-bond acceptors (Lipinski definition) is 31. The molecule has 0 aromatic heterocycles. The van der Waals surface area contributed by atoms with Crippen molar-refractivity contribution >= 4 is 23.9 Å². The number of benzene rings is 8. The van der Waals surface area contributed by atoms with Gasteiger partial charge < -0.3 is 149 Å². The minimum Gasteiger partial charge on any atom is -0.496 e. The lowest BCUT2D eigenvalue weighted by molar-refractivity contribution is -0.941. The Morgan fingerprint density at radius 1 is 0.278 bits per heavy atom. The van der Waals surface area contributed by atoms with Gasteiger partial charge in [-0.2, -0.15) is 0 Å². The molecule has 8 aromatic rings. The Morgan fingerprint density at radius 3 is 0.917 bits per heavy atom. The van der Waals surface area contributed by atoms with E-state index in [1.165, 1.54) is 28.4 Å². The summed E-state index contributed by atoms with van der Waals surface area (Å²) >= 11 is 0. The number of carbonyl (C=O) groups is 4. The summed E-state index contributed by atoms with van der Waals surface area (Å²) in [4.78, 5) is 51.8. The molecule has 9 N–H and O–H groups in total. The van der Waals surface area contributed by atoms with E-state index >= 15 is 0 Å². The first-order valence-corrected chi connectivity index (χ1v) is 48.2. The summed E-state index contributed by atoms with van der Waals surface area (Å²) in [7, 11) is 30.4. The maximum Gasteiger partial charge on any atom is 0.331 e. The zero-order chi connectivity index (χ0) is 104. The molecule has 0 amide bonds. The lowest BCUT2D eigenvalue weighted by atomic mass is 9.82. The van der Waals surface area contributed by atoms with Gasteiger partial charge in [0.05, 0.1) is 288 Å². The fourth-order valence-corrected chi connectivity index (χ4v) is 21.8. The summed E-state index contributed by atoms with van der Waals surface area (Å²) < 4.78 is 105. The molecule has 35 heteroatoms. The summed E-state index contributed by atoms with van der Waals surface area (Å²) in [5, 5.41) is 92.3. The van der Waals surface area contributed by atoms with E-state index < -0.39 is 23.9 Å². The van der Waals surface area contributed by atoms with Gasteiger partial charge in [-0.1, -0.05) is 30.3 Å². The molecule has 0 spiro atoms. The van der Waals surface area contributed by atoms with E-state index in [-0.39, 0.29) is 110 Å². The molecule has 144 heavy (non-hydrogen) atoms. The predicted molar refractivity (Wildman–Crippen MR) is 532 cm³/mol. The number of fused-ring (bicyclic) bond motifs is 4. The standard InChI is InChI=1S/C55H74N2O16.C54H72N2O15/c1-56(19-15-36-28-45(66-5)54(70-9)55(71-10)48(36)42(56)24-34-23-39(31-59)51(67-6)43(25-34)64-3)17-11-21-72-46(62)13-14-47(63)73-22-12-18-57(2)20-16-35-26-38(30-58)41(33-61)53(69-8)49(35)50(57)37-27-40(32-60)52(68-7)44(29-37)65-4;1-55(19-15-35-25-40(31-59)42(33-61)52(67-6)48(35)43(55)24-34-11-12-37(29-57)39(23-34)30-58)17-9-21-70-46(62)13-14-47(63)71-22-10-18-56(2)20-16-36-27-45(65-4)53(68-7)54(69-8)49(36)50(56)38-26-41(32-60)51(66-5)44(28-38)64-3/h13-14,23,25-29,42,50,58-61H,11-12,15-22,24,30-33H2,1-10H3;11-14,23,25-28,43,50,57-61H,9-10,15-22,24,29-33H2,1-8H3/q2*+2/b2*14-13+. The number of methoxy groups -OCH3 is 14. The second-order valence-electron chi connectivity index (χ2n) is 37.2. The Balaban J connectivity index is 0.000000275. The van der Waals surface area contributed by atoms with Crippen molar-refractivity contribution in [2.45, 2.75) is 148 Å². The van der Waals surface area contributed by atoms with Crippen LogP contribution in [-0.4, -0.2) is 294 Å². The highest BCUT2D eigenvalue weighted by molar-refractivity contribution is 5.92. The molecule has 4 aliphatic heterocycles. The second-order valence-corrected chi connectivity index (χ2v) is 37.2. The van der Waals surface area contributed by atoms with Crippen molar-refractivity contribution in [3.05, 3.63) is 220 Å². The van der Waals surface area contributed by atoms with E-state index in [4.69, 9.17) is 85.3 Å². The molecule has 784 valence electrons. The van der Waals surface area contributed by atoms with E-state index in [0.29, 0.717) is 246 Å². The number of esters is 4. The van der Waals surface area contributed by atoms with Gasteiger partial charge in [-0.05, 0) is 104 Å². The average molecular weight is 2010 g/mol. The summed E-state index contributed by atoms with van der Waals surface area (Å²) in [5.74, 6) is 4.23. The molecule has 0 bridgehead atoms. The molecule has 0 fully saturated rings. The van der Waals surface area contributed by atoms with Crippen LogP contribution in [0.4, 0.5) is 0 Å². The first kappa shape index (κ1) is 112. The van der Waals surface area contributed by atoms with Crippen LogP contribution in [0.15, 0.2) is 103 Å². The number of nitrogens with zero attached hydrogens (tertiary/aromatic N) is 4. The van der Waals surface area contributed by atoms with Crippen molar-refractivity contribution in [3.8, 4) is 80.5 Å².